The molecule has 0 aliphatic carbocycles. The zero-order valence-electron chi connectivity index (χ0n) is 13.5. The first kappa shape index (κ1) is 16.4. The molecule has 1 atom stereocenters. The van der Waals surface area contributed by atoms with E-state index >= 15 is 0 Å². The highest BCUT2D eigenvalue weighted by atomic mass is 32.2. The van der Waals surface area contributed by atoms with Crippen LogP contribution in [0.3, 0.4) is 0 Å². The van der Waals surface area contributed by atoms with Gasteiger partial charge >= 0.3 is 0 Å². The summed E-state index contributed by atoms with van der Waals surface area (Å²) in [4.78, 5) is 20.7. The van der Waals surface area contributed by atoms with Crippen molar-refractivity contribution in [3.8, 4) is 0 Å². The maximum Gasteiger partial charge on any atom is 0.244 e. The number of piperazine rings is 1. The van der Waals surface area contributed by atoms with Gasteiger partial charge in [-0.25, -0.2) is 8.42 Å². The Balaban J connectivity index is 1.90. The van der Waals surface area contributed by atoms with Crippen molar-refractivity contribution in [3.63, 3.8) is 0 Å². The average molecular weight is 338 g/mol. The van der Waals surface area contributed by atoms with Crippen LogP contribution in [0.4, 0.5) is 0 Å². The normalized spacial score (nSPS) is 27.0. The van der Waals surface area contributed by atoms with Crippen LogP contribution in [0.5, 0.6) is 0 Å². The van der Waals surface area contributed by atoms with E-state index in [-0.39, 0.29) is 12.5 Å². The van der Waals surface area contributed by atoms with Gasteiger partial charge < -0.3 is 4.90 Å². The summed E-state index contributed by atoms with van der Waals surface area (Å²) in [6, 6.07) is 3.86. The zero-order chi connectivity index (χ0) is 16.7. The highest BCUT2D eigenvalue weighted by Gasteiger charge is 2.53. The van der Waals surface area contributed by atoms with Gasteiger partial charge in [0.25, 0.3) is 0 Å². The smallest absolute Gasteiger partial charge is 0.244 e. The van der Waals surface area contributed by atoms with Crippen molar-refractivity contribution in [1.29, 1.82) is 0 Å². The summed E-state index contributed by atoms with van der Waals surface area (Å²) in [5.41, 5.74) is 0.328. The van der Waals surface area contributed by atoms with Crippen LogP contribution < -0.4 is 0 Å². The molecular formula is C15H22N4O3S. The van der Waals surface area contributed by atoms with Gasteiger partial charge in [0.15, 0.2) is 0 Å². The van der Waals surface area contributed by atoms with E-state index < -0.39 is 15.6 Å². The van der Waals surface area contributed by atoms with Crippen LogP contribution in [-0.2, 0) is 21.4 Å². The molecule has 3 heterocycles. The van der Waals surface area contributed by atoms with E-state index in [9.17, 15) is 13.2 Å². The molecule has 1 aromatic rings. The summed E-state index contributed by atoms with van der Waals surface area (Å²) in [6.07, 6.45) is 5.21. The first-order valence-corrected chi connectivity index (χ1v) is 9.52. The van der Waals surface area contributed by atoms with Crippen LogP contribution in [-0.4, -0.2) is 78.4 Å². The van der Waals surface area contributed by atoms with Crippen LogP contribution >= 0.6 is 0 Å². The van der Waals surface area contributed by atoms with Crippen molar-refractivity contribution >= 4 is 15.9 Å². The number of sulfonamides is 1. The van der Waals surface area contributed by atoms with E-state index in [0.29, 0.717) is 26.1 Å². The molecule has 0 aromatic carbocycles. The van der Waals surface area contributed by atoms with Crippen LogP contribution in [0.1, 0.15) is 12.0 Å². The lowest BCUT2D eigenvalue weighted by atomic mass is 9.91. The molecule has 126 valence electrons. The quantitative estimate of drug-likeness (QED) is 0.760. The fourth-order valence-electron chi connectivity index (χ4n) is 3.49. The predicted molar refractivity (Wildman–Crippen MR) is 86.0 cm³/mol. The Morgan fingerprint density at radius 1 is 1.22 bits per heavy atom. The van der Waals surface area contributed by atoms with Crippen molar-refractivity contribution in [2.45, 2.75) is 18.5 Å². The van der Waals surface area contributed by atoms with Crippen LogP contribution in [0.25, 0.3) is 0 Å². The van der Waals surface area contributed by atoms with E-state index in [0.717, 1.165) is 12.1 Å². The lowest BCUT2D eigenvalue weighted by Gasteiger charge is -2.46. The Morgan fingerprint density at radius 3 is 2.52 bits per heavy atom. The Labute approximate surface area is 136 Å². The second kappa shape index (κ2) is 5.85. The molecule has 1 amide bonds. The van der Waals surface area contributed by atoms with Gasteiger partial charge in [0.2, 0.25) is 15.9 Å². The third-order valence-electron chi connectivity index (χ3n) is 4.86. The van der Waals surface area contributed by atoms with E-state index in [1.807, 2.05) is 12.1 Å². The van der Waals surface area contributed by atoms with Crippen LogP contribution in [0.15, 0.2) is 24.5 Å². The molecule has 8 heteroatoms. The molecule has 2 aliphatic rings. The molecule has 0 radical (unpaired) electrons. The summed E-state index contributed by atoms with van der Waals surface area (Å²) in [7, 11) is -1.50. The van der Waals surface area contributed by atoms with Gasteiger partial charge in [-0.3, -0.25) is 14.7 Å². The Bertz CT molecular complexity index is 694. The molecule has 7 nitrogen and oxygen atoms in total. The van der Waals surface area contributed by atoms with E-state index in [1.54, 1.807) is 24.3 Å². The number of rotatable bonds is 3. The summed E-state index contributed by atoms with van der Waals surface area (Å²) >= 11 is 0. The molecule has 1 aromatic heterocycles. The van der Waals surface area contributed by atoms with Gasteiger partial charge in [-0.2, -0.15) is 4.31 Å². The number of likely N-dealkylation sites (N-methyl/N-ethyl adjacent to an activating group) is 1. The molecule has 2 aliphatic heterocycles. The van der Waals surface area contributed by atoms with Crippen LogP contribution in [0, 0.1) is 0 Å². The third kappa shape index (κ3) is 2.98. The summed E-state index contributed by atoms with van der Waals surface area (Å²) in [5, 5.41) is 0. The summed E-state index contributed by atoms with van der Waals surface area (Å²) < 4.78 is 25.2. The summed E-state index contributed by atoms with van der Waals surface area (Å²) in [6.45, 7) is 2.65. The minimum Gasteiger partial charge on any atom is -0.343 e. The minimum absolute atomic E-state index is 0.0176. The molecule has 3 rings (SSSR count). The van der Waals surface area contributed by atoms with Gasteiger partial charge in [0.1, 0.15) is 5.54 Å². The number of aromatic nitrogens is 1. The van der Waals surface area contributed by atoms with E-state index in [1.165, 1.54) is 10.6 Å². The third-order valence-corrected chi connectivity index (χ3v) is 6.11. The maximum atomic E-state index is 12.9. The predicted octanol–water partition coefficient (Wildman–Crippen LogP) is -0.240. The lowest BCUT2D eigenvalue weighted by Crippen LogP contribution is -2.65. The van der Waals surface area contributed by atoms with Crippen molar-refractivity contribution < 1.29 is 13.2 Å². The second-order valence-corrected chi connectivity index (χ2v) is 8.36. The highest BCUT2D eigenvalue weighted by molar-refractivity contribution is 7.88. The van der Waals surface area contributed by atoms with Crippen molar-refractivity contribution in [2.75, 3.05) is 39.5 Å². The maximum absolute atomic E-state index is 12.9. The first-order chi connectivity index (χ1) is 10.8. The molecule has 1 spiro atoms. The number of carbonyl (C=O) groups excluding carboxylic acids is 1. The van der Waals surface area contributed by atoms with E-state index in [4.69, 9.17) is 0 Å². The second-order valence-electron chi connectivity index (χ2n) is 6.38. The van der Waals surface area contributed by atoms with Gasteiger partial charge in [-0.05, 0) is 24.1 Å². The molecule has 0 saturated carbocycles. The van der Waals surface area contributed by atoms with E-state index in [2.05, 4.69) is 9.88 Å². The molecule has 2 saturated heterocycles. The standard InChI is InChI=1S/C15H22N4O3S/c1-17-9-10-18(11-13-3-6-16-7-4-13)15(14(17)20)5-8-19(12-15)23(2,21)22/h3-4,6-7H,5,8-12H2,1-2H3. The number of pyridine rings is 1. The van der Waals surface area contributed by atoms with Gasteiger partial charge in [-0.15, -0.1) is 0 Å². The molecule has 2 fully saturated rings. The fraction of sp³-hybridized carbons (Fsp3) is 0.600. The molecule has 23 heavy (non-hydrogen) atoms. The minimum atomic E-state index is -3.29. The zero-order valence-corrected chi connectivity index (χ0v) is 14.3. The highest BCUT2D eigenvalue weighted by Crippen LogP contribution is 2.34. The largest absolute Gasteiger partial charge is 0.343 e. The van der Waals surface area contributed by atoms with Gasteiger partial charge in [0, 0.05) is 52.2 Å². The fourth-order valence-corrected chi connectivity index (χ4v) is 4.36. The van der Waals surface area contributed by atoms with Crippen molar-refractivity contribution in [2.24, 2.45) is 0 Å². The van der Waals surface area contributed by atoms with Crippen LogP contribution in [0.2, 0.25) is 0 Å². The summed E-state index contributed by atoms with van der Waals surface area (Å²) in [5.74, 6) is 0.0176. The number of nitrogens with zero attached hydrogens (tertiary/aromatic N) is 4. The first-order valence-electron chi connectivity index (χ1n) is 7.67. The monoisotopic (exact) mass is 338 g/mol. The number of hydrogen-bond donors (Lipinski definition) is 0. The SMILES string of the molecule is CN1CCN(Cc2ccncc2)C2(CCN(S(C)(=O)=O)C2)C1=O. The molecule has 0 bridgehead atoms. The lowest BCUT2D eigenvalue weighted by molar-refractivity contribution is -0.149. The molecule has 1 unspecified atom stereocenters. The molecular weight excluding hydrogens is 316 g/mol. The Kier molecular flexibility index (Phi) is 4.16. The number of amides is 1. The van der Waals surface area contributed by atoms with Crippen molar-refractivity contribution in [1.82, 2.24) is 19.1 Å². The van der Waals surface area contributed by atoms with Crippen molar-refractivity contribution in [3.05, 3.63) is 30.1 Å². The molecule has 0 N–H and O–H groups in total. The Hall–Kier alpha value is -1.51. The topological polar surface area (TPSA) is 73.8 Å². The van der Waals surface area contributed by atoms with Gasteiger partial charge in [-0.1, -0.05) is 0 Å². The van der Waals surface area contributed by atoms with Gasteiger partial charge in [0.05, 0.1) is 6.26 Å². The number of carbonyl (C=O) groups is 1. The Morgan fingerprint density at radius 2 is 1.91 bits per heavy atom. The average Bonchev–Trinajstić information content (AvgIpc) is 2.96. The number of hydrogen-bond acceptors (Lipinski definition) is 5.